The average Bonchev–Trinajstić information content (AvgIpc) is 3.41. The van der Waals surface area contributed by atoms with Gasteiger partial charge in [0.05, 0.1) is 19.3 Å². The Balaban J connectivity index is 1.25. The molecule has 5 heterocycles. The normalized spacial score (nSPS) is 38.4. The number of aliphatic hydroxyl groups excluding tert-OH is 2. The van der Waals surface area contributed by atoms with Gasteiger partial charge in [-0.3, -0.25) is 14.4 Å². The SMILES string of the molecule is O=P(O)(OC[C@H]1O[C@@H](n2cnc3c2N=CN2[C@H]4N[C@]342)[C@H](O)[C@@H]1O)OP(=O)(O)OP(O)(O)=S. The lowest BCUT2D eigenvalue weighted by molar-refractivity contribution is -0.0512. The molecule has 21 heteroatoms. The summed E-state index contributed by atoms with van der Waals surface area (Å²) in [4.78, 5) is 47.2. The molecule has 0 aromatic carbocycles. The summed E-state index contributed by atoms with van der Waals surface area (Å²) in [5.41, 5.74) is 0.220. The Bertz CT molecular complexity index is 1140. The van der Waals surface area contributed by atoms with Crippen LogP contribution in [0.25, 0.3) is 0 Å². The van der Waals surface area contributed by atoms with Gasteiger partial charge in [0.15, 0.2) is 17.7 Å². The van der Waals surface area contributed by atoms with Crippen molar-refractivity contribution in [2.45, 2.75) is 36.4 Å². The van der Waals surface area contributed by atoms with Gasteiger partial charge in [0.1, 0.15) is 30.2 Å². The molecule has 8 atom stereocenters. The van der Waals surface area contributed by atoms with E-state index in [-0.39, 0.29) is 6.17 Å². The van der Waals surface area contributed by atoms with Crippen LogP contribution in [0.4, 0.5) is 5.82 Å². The third kappa shape index (κ3) is 3.84. The van der Waals surface area contributed by atoms with E-state index in [1.165, 1.54) is 10.9 Å². The Labute approximate surface area is 183 Å². The first-order valence-corrected chi connectivity index (χ1v) is 14.3. The van der Waals surface area contributed by atoms with Crippen LogP contribution >= 0.6 is 22.4 Å². The topological polar surface area (TPSA) is 248 Å². The van der Waals surface area contributed by atoms with Crippen LogP contribution in [0.1, 0.15) is 11.9 Å². The molecule has 0 radical (unpaired) electrons. The highest BCUT2D eigenvalue weighted by atomic mass is 32.5. The molecule has 32 heavy (non-hydrogen) atoms. The summed E-state index contributed by atoms with van der Waals surface area (Å²) in [6.45, 7) is -5.56. The van der Waals surface area contributed by atoms with Crippen molar-refractivity contribution in [1.82, 2.24) is 19.8 Å². The van der Waals surface area contributed by atoms with Crippen molar-refractivity contribution < 1.29 is 56.8 Å². The number of rotatable bonds is 8. The number of aromatic nitrogens is 2. The highest BCUT2D eigenvalue weighted by Crippen LogP contribution is 2.66. The summed E-state index contributed by atoms with van der Waals surface area (Å²) >= 11 is 3.99. The van der Waals surface area contributed by atoms with E-state index in [1.54, 1.807) is 6.34 Å². The molecule has 1 aromatic rings. The minimum Gasteiger partial charge on any atom is -0.387 e. The highest BCUT2D eigenvalue weighted by molar-refractivity contribution is 8.08. The molecule has 0 amide bonds. The second-order valence-corrected chi connectivity index (χ2v) is 13.1. The zero-order valence-electron chi connectivity index (χ0n) is 15.4. The van der Waals surface area contributed by atoms with E-state index in [0.717, 1.165) is 0 Å². The van der Waals surface area contributed by atoms with Gasteiger partial charge in [0, 0.05) is 0 Å². The fourth-order valence-electron chi connectivity index (χ4n) is 3.66. The molecule has 0 aliphatic carbocycles. The van der Waals surface area contributed by atoms with E-state index in [4.69, 9.17) is 14.5 Å². The summed E-state index contributed by atoms with van der Waals surface area (Å²) in [5, 5.41) is 23.9. The van der Waals surface area contributed by atoms with Crippen LogP contribution in [-0.4, -0.2) is 81.7 Å². The molecule has 17 nitrogen and oxygen atoms in total. The quantitative estimate of drug-likeness (QED) is 0.141. The number of hydrogen-bond donors (Lipinski definition) is 7. The molecule has 1 spiro atoms. The molecule has 7 N–H and O–H groups in total. The van der Waals surface area contributed by atoms with Gasteiger partial charge in [-0.1, -0.05) is 0 Å². The standard InChI is InChI=1S/C11H16N5O12P3S/c17-5-4(1-25-29(19,20)27-30(21,22)28-31(23,24)32)26-9(6(5)18)15-2-12-7-8(15)13-3-16-10-11(7,16)14-10/h2-6,9-10,14,17-18H,1H2,(H,19,20)(H,21,22)(H2,23,24,32)/t4-,5-,6-,9-,10-,11+,16?/m1/s1. The summed E-state index contributed by atoms with van der Waals surface area (Å²) in [6, 6.07) is 0. The first-order valence-electron chi connectivity index (χ1n) is 8.72. The Kier molecular flexibility index (Phi) is 5.18. The molecule has 4 aliphatic heterocycles. The molecule has 3 saturated heterocycles. The summed E-state index contributed by atoms with van der Waals surface area (Å²) in [6.07, 6.45) is -2.55. The number of fused-ring (bicyclic) bond motifs is 2. The number of ether oxygens (including phenoxy) is 1. The third-order valence-electron chi connectivity index (χ3n) is 5.15. The molecular formula is C11H16N5O12P3S. The van der Waals surface area contributed by atoms with Crippen LogP contribution in [0.5, 0.6) is 0 Å². The molecule has 0 bridgehead atoms. The second kappa shape index (κ2) is 7.18. The fourth-order valence-corrected chi connectivity index (χ4v) is 7.44. The van der Waals surface area contributed by atoms with Crippen molar-refractivity contribution in [2.24, 2.45) is 4.99 Å². The Morgan fingerprint density at radius 2 is 1.91 bits per heavy atom. The van der Waals surface area contributed by atoms with Crippen LogP contribution in [-0.2, 0) is 44.5 Å². The van der Waals surface area contributed by atoms with E-state index in [2.05, 4.69) is 40.2 Å². The Morgan fingerprint density at radius 3 is 2.56 bits per heavy atom. The number of phosphoric ester groups is 1. The average molecular weight is 535 g/mol. The number of nitrogens with zero attached hydrogens (tertiary/aromatic N) is 4. The minimum absolute atomic E-state index is 0.117. The van der Waals surface area contributed by atoms with Gasteiger partial charge in [-0.05, 0) is 11.8 Å². The van der Waals surface area contributed by atoms with Gasteiger partial charge >= 0.3 is 22.4 Å². The number of aliphatic hydroxyl groups is 2. The van der Waals surface area contributed by atoms with Crippen LogP contribution in [0.15, 0.2) is 11.3 Å². The lowest BCUT2D eigenvalue weighted by Gasteiger charge is -2.21. The lowest BCUT2D eigenvalue weighted by Crippen LogP contribution is -2.33. The molecule has 5 rings (SSSR count). The number of hydrogen-bond acceptors (Lipinski definition) is 13. The smallest absolute Gasteiger partial charge is 0.387 e. The van der Waals surface area contributed by atoms with Gasteiger partial charge in [-0.2, -0.15) is 4.31 Å². The number of aliphatic imine (C=N–C) groups is 1. The van der Waals surface area contributed by atoms with Crippen molar-refractivity contribution in [3.8, 4) is 0 Å². The van der Waals surface area contributed by atoms with Gasteiger partial charge in [-0.15, -0.1) is 0 Å². The predicted molar refractivity (Wildman–Crippen MR) is 103 cm³/mol. The van der Waals surface area contributed by atoms with Crippen molar-refractivity contribution in [3.63, 3.8) is 0 Å². The van der Waals surface area contributed by atoms with Gasteiger partial charge in [0.25, 0.3) is 0 Å². The number of imidazole rings is 1. The van der Waals surface area contributed by atoms with Crippen LogP contribution in [0, 0.1) is 0 Å². The molecule has 178 valence electrons. The van der Waals surface area contributed by atoms with Gasteiger partial charge < -0.3 is 39.4 Å². The Morgan fingerprint density at radius 1 is 1.19 bits per heavy atom. The van der Waals surface area contributed by atoms with E-state index in [0.29, 0.717) is 11.5 Å². The van der Waals surface area contributed by atoms with Crippen LogP contribution in [0.3, 0.4) is 0 Å². The predicted octanol–water partition coefficient (Wildman–Crippen LogP) is -1.97. The van der Waals surface area contributed by atoms with Crippen molar-refractivity contribution in [3.05, 3.63) is 12.0 Å². The monoisotopic (exact) mass is 535 g/mol. The van der Waals surface area contributed by atoms with Crippen LogP contribution < -0.4 is 5.32 Å². The summed E-state index contributed by atoms with van der Waals surface area (Å²) < 4.78 is 42.6. The van der Waals surface area contributed by atoms with E-state index in [1.807, 2.05) is 4.90 Å². The fraction of sp³-hybridized carbons (Fsp3) is 0.636. The molecule has 3 fully saturated rings. The van der Waals surface area contributed by atoms with Crippen LogP contribution in [0.2, 0.25) is 0 Å². The maximum Gasteiger partial charge on any atom is 0.488 e. The molecular weight excluding hydrogens is 519 g/mol. The number of phosphoric acid groups is 2. The minimum atomic E-state index is -5.48. The maximum absolute atomic E-state index is 11.9. The highest BCUT2D eigenvalue weighted by Gasteiger charge is 2.82. The van der Waals surface area contributed by atoms with Crippen molar-refractivity contribution >= 4 is 46.3 Å². The summed E-state index contributed by atoms with van der Waals surface area (Å²) in [5.74, 6) is 0.393. The lowest BCUT2D eigenvalue weighted by atomic mass is 10.1. The molecule has 2 unspecified atom stereocenters. The Hall–Kier alpha value is -0.650. The molecule has 4 aliphatic rings. The second-order valence-electron chi connectivity index (χ2n) is 7.22. The zero-order valence-corrected chi connectivity index (χ0v) is 18.9. The first kappa shape index (κ1) is 23.1. The largest absolute Gasteiger partial charge is 0.488 e. The third-order valence-corrected chi connectivity index (χ3v) is 9.55. The van der Waals surface area contributed by atoms with Crippen molar-refractivity contribution in [1.29, 1.82) is 0 Å². The number of nitrogens with one attached hydrogen (secondary N) is 1. The molecule has 0 saturated carbocycles. The van der Waals surface area contributed by atoms with Crippen molar-refractivity contribution in [2.75, 3.05) is 6.61 Å². The van der Waals surface area contributed by atoms with E-state index in [9.17, 15) is 29.1 Å². The first-order chi connectivity index (χ1) is 14.7. The van der Waals surface area contributed by atoms with E-state index < -0.39 is 59.2 Å². The van der Waals surface area contributed by atoms with Gasteiger partial charge in [0.2, 0.25) is 0 Å². The van der Waals surface area contributed by atoms with E-state index >= 15 is 0 Å². The molecule has 1 aromatic heterocycles. The zero-order chi connectivity index (χ0) is 23.3. The summed E-state index contributed by atoms with van der Waals surface area (Å²) in [7, 11) is -10.8. The maximum atomic E-state index is 11.9. The van der Waals surface area contributed by atoms with Gasteiger partial charge in [-0.25, -0.2) is 23.4 Å².